The molecule has 4 atom stereocenters. The molecule has 0 aromatic heterocycles. The van der Waals surface area contributed by atoms with E-state index in [1.54, 1.807) is 0 Å². The zero-order valence-corrected chi connectivity index (χ0v) is 16.3. The summed E-state index contributed by atoms with van der Waals surface area (Å²) in [5, 5.41) is 5.66. The van der Waals surface area contributed by atoms with Crippen LogP contribution in [-0.4, -0.2) is 29.1 Å². The van der Waals surface area contributed by atoms with E-state index in [1.165, 1.54) is 34.7 Å². The number of hydrogen-bond donors (Lipinski definition) is 1. The van der Waals surface area contributed by atoms with E-state index in [9.17, 15) is 4.79 Å². The lowest BCUT2D eigenvalue weighted by Crippen LogP contribution is -2.69. The van der Waals surface area contributed by atoms with Crippen LogP contribution in [0.4, 0.5) is 0 Å². The largest absolute Gasteiger partial charge is 0.465 e. The second-order valence-corrected chi connectivity index (χ2v) is 8.40. The summed E-state index contributed by atoms with van der Waals surface area (Å²) in [6.45, 7) is 0. The first-order chi connectivity index (χ1) is 14.3. The van der Waals surface area contributed by atoms with Crippen molar-refractivity contribution in [1.82, 2.24) is 10.2 Å². The van der Waals surface area contributed by atoms with Gasteiger partial charge in [0, 0.05) is 17.6 Å². The lowest BCUT2D eigenvalue weighted by atomic mass is 9.82. The Kier molecular flexibility index (Phi) is 3.88. The number of amides is 1. The molecule has 0 radical (unpaired) electrons. The molecule has 1 saturated carbocycles. The molecule has 3 aromatic rings. The van der Waals surface area contributed by atoms with Crippen molar-refractivity contribution in [1.29, 1.82) is 0 Å². The van der Waals surface area contributed by atoms with Gasteiger partial charge in [0.1, 0.15) is 5.75 Å². The van der Waals surface area contributed by atoms with Gasteiger partial charge in [0.2, 0.25) is 6.23 Å². The maximum atomic E-state index is 13.1. The van der Waals surface area contributed by atoms with E-state index in [1.807, 2.05) is 6.07 Å². The van der Waals surface area contributed by atoms with Gasteiger partial charge in [-0.2, -0.15) is 0 Å². The summed E-state index contributed by atoms with van der Waals surface area (Å²) in [6.07, 6.45) is 3.94. The van der Waals surface area contributed by atoms with Crippen molar-refractivity contribution in [3.05, 3.63) is 77.9 Å². The fraction of sp³-hybridized carbons (Fsp3) is 0.320. The highest BCUT2D eigenvalue weighted by molar-refractivity contribution is 5.90. The van der Waals surface area contributed by atoms with Crippen molar-refractivity contribution in [2.45, 2.75) is 50.0 Å². The summed E-state index contributed by atoms with van der Waals surface area (Å²) in [5.41, 5.74) is 2.40. The number of nitrogens with one attached hydrogen (secondary N) is 1. The highest BCUT2D eigenvalue weighted by Crippen LogP contribution is 2.48. The second-order valence-electron chi connectivity index (χ2n) is 8.40. The van der Waals surface area contributed by atoms with Crippen molar-refractivity contribution >= 4 is 16.7 Å². The quantitative estimate of drug-likeness (QED) is 0.677. The van der Waals surface area contributed by atoms with Crippen molar-refractivity contribution in [3.63, 3.8) is 0 Å². The molecule has 29 heavy (non-hydrogen) atoms. The molecule has 3 aliphatic rings. The Labute approximate surface area is 170 Å². The van der Waals surface area contributed by atoms with Crippen LogP contribution in [0.15, 0.2) is 66.7 Å². The first-order valence-corrected chi connectivity index (χ1v) is 10.6. The monoisotopic (exact) mass is 384 g/mol. The molecule has 1 aliphatic carbocycles. The van der Waals surface area contributed by atoms with Gasteiger partial charge in [-0.15, -0.1) is 0 Å². The highest BCUT2D eigenvalue weighted by Gasteiger charge is 2.51. The summed E-state index contributed by atoms with van der Waals surface area (Å²) < 4.78 is 6.37. The Hall–Kier alpha value is -2.85. The van der Waals surface area contributed by atoms with E-state index < -0.39 is 6.23 Å². The zero-order chi connectivity index (χ0) is 19.4. The van der Waals surface area contributed by atoms with E-state index in [4.69, 9.17) is 4.74 Å². The van der Waals surface area contributed by atoms with Gasteiger partial charge in [0.15, 0.2) is 0 Å². The van der Waals surface area contributed by atoms with Gasteiger partial charge < -0.3 is 10.1 Å². The van der Waals surface area contributed by atoms with Crippen LogP contribution in [0.5, 0.6) is 5.75 Å². The van der Waals surface area contributed by atoms with Crippen LogP contribution in [0, 0.1) is 0 Å². The van der Waals surface area contributed by atoms with E-state index in [2.05, 4.69) is 70.9 Å². The lowest BCUT2D eigenvalue weighted by molar-refractivity contribution is -0.156. The van der Waals surface area contributed by atoms with Crippen LogP contribution in [0.25, 0.3) is 10.8 Å². The lowest BCUT2D eigenvalue weighted by Gasteiger charge is -2.53. The van der Waals surface area contributed by atoms with E-state index in [0.29, 0.717) is 6.04 Å². The minimum atomic E-state index is -0.576. The third-order valence-electron chi connectivity index (χ3n) is 6.79. The van der Waals surface area contributed by atoms with Crippen LogP contribution < -0.4 is 10.1 Å². The normalized spacial score (nSPS) is 28.6. The van der Waals surface area contributed by atoms with Gasteiger partial charge in [0.05, 0.1) is 6.04 Å². The first kappa shape index (κ1) is 17.0. The summed E-state index contributed by atoms with van der Waals surface area (Å²) in [6, 6.07) is 23.7. The van der Waals surface area contributed by atoms with Gasteiger partial charge in [-0.05, 0) is 35.2 Å². The van der Waals surface area contributed by atoms with Crippen LogP contribution in [0.2, 0.25) is 0 Å². The Bertz CT molecular complexity index is 1080. The minimum Gasteiger partial charge on any atom is -0.465 e. The van der Waals surface area contributed by atoms with Gasteiger partial charge in [-0.25, -0.2) is 4.90 Å². The van der Waals surface area contributed by atoms with Crippen molar-refractivity contribution in [2.24, 2.45) is 0 Å². The number of piperazine rings is 1. The molecule has 1 amide bonds. The molecule has 146 valence electrons. The molecule has 2 fully saturated rings. The molecule has 0 unspecified atom stereocenters. The summed E-state index contributed by atoms with van der Waals surface area (Å²) in [7, 11) is 0. The number of carbonyl (C=O) groups excluding carboxylic acids is 1. The standard InChI is InChI=1S/C25H24N2O2/c28-24-25-27(20-13-7-6-12-19(20)26-24)23(17-9-2-1-3-10-17)22-18-11-5-4-8-16(18)14-15-21(22)29-25/h1-5,8-11,14-15,19-20,23,25H,6-7,12-13H2,(H,26,28)/t19-,20-,23+,25+/m0/s1. The number of ether oxygens (including phenoxy) is 1. The SMILES string of the molecule is O=C1N[C@H]2CCCC[C@@H]2N2[C@H](c3ccccc3)c3c(ccc4ccccc34)O[C@H]12. The average Bonchev–Trinajstić information content (AvgIpc) is 2.78. The molecule has 0 spiro atoms. The maximum Gasteiger partial charge on any atom is 0.277 e. The fourth-order valence-electron chi connectivity index (χ4n) is 5.54. The molecule has 0 bridgehead atoms. The summed E-state index contributed by atoms with van der Waals surface area (Å²) in [4.78, 5) is 15.4. The summed E-state index contributed by atoms with van der Waals surface area (Å²) >= 11 is 0. The number of benzene rings is 3. The van der Waals surface area contributed by atoms with Crippen LogP contribution >= 0.6 is 0 Å². The number of nitrogens with zero attached hydrogens (tertiary/aromatic N) is 1. The van der Waals surface area contributed by atoms with Gasteiger partial charge in [0.25, 0.3) is 5.91 Å². The third kappa shape index (κ3) is 2.59. The van der Waals surface area contributed by atoms with Crippen molar-refractivity contribution in [3.8, 4) is 5.75 Å². The summed E-state index contributed by atoms with van der Waals surface area (Å²) in [5.74, 6) is 0.816. The average molecular weight is 384 g/mol. The minimum absolute atomic E-state index is 0.00658. The highest BCUT2D eigenvalue weighted by atomic mass is 16.5. The predicted octanol–water partition coefficient (Wildman–Crippen LogP) is 4.39. The van der Waals surface area contributed by atoms with Gasteiger partial charge in [-0.1, -0.05) is 73.5 Å². The van der Waals surface area contributed by atoms with Crippen molar-refractivity contribution in [2.75, 3.05) is 0 Å². The molecule has 4 heteroatoms. The third-order valence-corrected chi connectivity index (χ3v) is 6.79. The Morgan fingerprint density at radius 2 is 1.69 bits per heavy atom. The molecule has 2 aliphatic heterocycles. The number of rotatable bonds is 1. The molecular weight excluding hydrogens is 360 g/mol. The zero-order valence-electron chi connectivity index (χ0n) is 16.3. The first-order valence-electron chi connectivity index (χ1n) is 10.6. The molecule has 3 aromatic carbocycles. The van der Waals surface area contributed by atoms with E-state index >= 15 is 0 Å². The Morgan fingerprint density at radius 1 is 0.897 bits per heavy atom. The number of carbonyl (C=O) groups is 1. The Morgan fingerprint density at radius 3 is 2.59 bits per heavy atom. The number of hydrogen-bond acceptors (Lipinski definition) is 3. The van der Waals surface area contributed by atoms with E-state index in [-0.39, 0.29) is 18.0 Å². The smallest absolute Gasteiger partial charge is 0.277 e. The molecule has 1 N–H and O–H groups in total. The second kappa shape index (κ2) is 6.60. The van der Waals surface area contributed by atoms with Crippen molar-refractivity contribution < 1.29 is 9.53 Å². The number of fused-ring (bicyclic) bond motifs is 6. The fourth-order valence-corrected chi connectivity index (χ4v) is 5.54. The predicted molar refractivity (Wildman–Crippen MR) is 113 cm³/mol. The molecular formula is C25H24N2O2. The van der Waals surface area contributed by atoms with Crippen LogP contribution in [0.1, 0.15) is 42.9 Å². The van der Waals surface area contributed by atoms with E-state index in [0.717, 1.165) is 18.6 Å². The van der Waals surface area contributed by atoms with Crippen LogP contribution in [0.3, 0.4) is 0 Å². The molecule has 4 nitrogen and oxygen atoms in total. The molecule has 6 rings (SSSR count). The maximum absolute atomic E-state index is 13.1. The van der Waals surface area contributed by atoms with Gasteiger partial charge in [-0.3, -0.25) is 4.79 Å². The molecule has 1 saturated heterocycles. The Balaban J connectivity index is 1.61. The molecule has 2 heterocycles. The topological polar surface area (TPSA) is 41.6 Å². The van der Waals surface area contributed by atoms with Gasteiger partial charge >= 0.3 is 0 Å². The van der Waals surface area contributed by atoms with Crippen LogP contribution in [-0.2, 0) is 4.79 Å².